The van der Waals surface area contributed by atoms with Crippen molar-refractivity contribution >= 4 is 27.7 Å². The van der Waals surface area contributed by atoms with Gasteiger partial charge in [0.2, 0.25) is 10.0 Å². The molecule has 2 aromatic rings. The maximum atomic E-state index is 13.7. The van der Waals surface area contributed by atoms with Crippen molar-refractivity contribution in [3.05, 3.63) is 59.4 Å². The van der Waals surface area contributed by atoms with E-state index in [9.17, 15) is 17.6 Å². The summed E-state index contributed by atoms with van der Waals surface area (Å²) in [6, 6.07) is 10.1. The molecule has 2 N–H and O–H groups in total. The van der Waals surface area contributed by atoms with Crippen LogP contribution in [0.4, 0.5) is 4.39 Å². The van der Waals surface area contributed by atoms with Crippen molar-refractivity contribution < 1.29 is 22.3 Å². The topological polar surface area (TPSA) is 84.5 Å². The van der Waals surface area contributed by atoms with Crippen molar-refractivity contribution in [2.75, 3.05) is 18.9 Å². The van der Waals surface area contributed by atoms with Gasteiger partial charge in [-0.1, -0.05) is 0 Å². The Morgan fingerprint density at radius 1 is 1.17 bits per heavy atom. The van der Waals surface area contributed by atoms with Crippen LogP contribution < -0.4 is 10.0 Å². The number of halogens is 1. The highest BCUT2D eigenvalue weighted by molar-refractivity contribution is 7.99. The molecular formula is C21H23FN2O4S2. The van der Waals surface area contributed by atoms with Gasteiger partial charge in [-0.25, -0.2) is 17.5 Å². The summed E-state index contributed by atoms with van der Waals surface area (Å²) in [6.45, 7) is 0.896. The van der Waals surface area contributed by atoms with Gasteiger partial charge in [-0.2, -0.15) is 0 Å². The zero-order chi connectivity index (χ0) is 21.1. The molecule has 1 saturated heterocycles. The summed E-state index contributed by atoms with van der Waals surface area (Å²) in [5, 5.41) is 2.94. The third-order valence-corrected chi connectivity index (χ3v) is 7.83. The predicted molar refractivity (Wildman–Crippen MR) is 113 cm³/mol. The lowest BCUT2D eigenvalue weighted by Crippen LogP contribution is -2.32. The van der Waals surface area contributed by atoms with Gasteiger partial charge in [-0.15, -0.1) is 11.8 Å². The second-order valence-corrected chi connectivity index (χ2v) is 10.3. The molecule has 0 aliphatic carbocycles. The number of fused-ring (bicyclic) bond motifs is 1. The first-order chi connectivity index (χ1) is 14.4. The monoisotopic (exact) mass is 450 g/mol. The van der Waals surface area contributed by atoms with Gasteiger partial charge in [0.1, 0.15) is 5.82 Å². The highest BCUT2D eigenvalue weighted by Gasteiger charge is 2.24. The zero-order valence-corrected chi connectivity index (χ0v) is 17.9. The van der Waals surface area contributed by atoms with Gasteiger partial charge < -0.3 is 10.1 Å². The summed E-state index contributed by atoms with van der Waals surface area (Å²) in [6.07, 6.45) is 2.39. The highest BCUT2D eigenvalue weighted by Crippen LogP contribution is 2.36. The first-order valence-corrected chi connectivity index (χ1v) is 12.3. The Balaban J connectivity index is 1.42. The average Bonchev–Trinajstić information content (AvgIpc) is 3.27. The van der Waals surface area contributed by atoms with Crippen molar-refractivity contribution in [1.29, 1.82) is 0 Å². The molecule has 4 rings (SSSR count). The summed E-state index contributed by atoms with van der Waals surface area (Å²) in [7, 11) is -3.67. The van der Waals surface area contributed by atoms with Crippen molar-refractivity contribution in [1.82, 2.24) is 10.0 Å². The van der Waals surface area contributed by atoms with Crippen LogP contribution in [0.25, 0.3) is 0 Å². The van der Waals surface area contributed by atoms with E-state index in [1.165, 1.54) is 36.4 Å². The molecule has 0 aromatic heterocycles. The molecule has 30 heavy (non-hydrogen) atoms. The lowest BCUT2D eigenvalue weighted by molar-refractivity contribution is 0.0934. The average molecular weight is 451 g/mol. The van der Waals surface area contributed by atoms with Gasteiger partial charge >= 0.3 is 0 Å². The molecule has 0 unspecified atom stereocenters. The summed E-state index contributed by atoms with van der Waals surface area (Å²) in [4.78, 5) is 13.7. The number of nitrogens with one attached hydrogen (secondary N) is 2. The van der Waals surface area contributed by atoms with E-state index in [4.69, 9.17) is 4.74 Å². The second kappa shape index (κ2) is 9.05. The molecule has 1 amide bonds. The molecule has 0 bridgehead atoms. The molecule has 2 heterocycles. The molecule has 2 aliphatic rings. The number of benzene rings is 2. The summed E-state index contributed by atoms with van der Waals surface area (Å²) < 4.78 is 46.5. The molecule has 0 saturated carbocycles. The van der Waals surface area contributed by atoms with E-state index in [1.54, 1.807) is 17.8 Å². The Labute approximate surface area is 179 Å². The zero-order valence-electron chi connectivity index (χ0n) is 16.3. The standard InChI is InChI=1S/C21H23FN2O4S2/c22-15-5-8-20-18(12-15)19(9-11-29-20)24-21(25)14-3-6-17(7-4-14)30(26,27)23-13-16-2-1-10-28-16/h3-8,12,16,19,23H,1-2,9-11,13H2,(H,24,25)/t16-,19-/m1/s1. The van der Waals surface area contributed by atoms with Crippen LogP contribution in [0.5, 0.6) is 0 Å². The smallest absolute Gasteiger partial charge is 0.251 e. The SMILES string of the molecule is O=C(N[C@@H]1CCSc2ccc(F)cc21)c1ccc(S(=O)(=O)NC[C@H]2CCCO2)cc1. The van der Waals surface area contributed by atoms with E-state index in [0.717, 1.165) is 29.1 Å². The van der Waals surface area contributed by atoms with E-state index < -0.39 is 10.0 Å². The van der Waals surface area contributed by atoms with Gasteiger partial charge in [0.25, 0.3) is 5.91 Å². The number of rotatable bonds is 6. The summed E-state index contributed by atoms with van der Waals surface area (Å²) in [5.41, 5.74) is 1.13. The number of sulfonamides is 1. The molecule has 2 atom stereocenters. The van der Waals surface area contributed by atoms with E-state index in [1.807, 2.05) is 0 Å². The third kappa shape index (κ3) is 4.85. The Kier molecular flexibility index (Phi) is 6.43. The maximum Gasteiger partial charge on any atom is 0.251 e. The van der Waals surface area contributed by atoms with Gasteiger partial charge in [-0.3, -0.25) is 4.79 Å². The minimum Gasteiger partial charge on any atom is -0.377 e. The molecule has 0 radical (unpaired) electrons. The van der Waals surface area contributed by atoms with E-state index in [0.29, 0.717) is 18.6 Å². The Morgan fingerprint density at radius 2 is 1.97 bits per heavy atom. The maximum absolute atomic E-state index is 13.7. The van der Waals surface area contributed by atoms with Crippen molar-refractivity contribution in [2.24, 2.45) is 0 Å². The van der Waals surface area contributed by atoms with Crippen LogP contribution >= 0.6 is 11.8 Å². The highest BCUT2D eigenvalue weighted by atomic mass is 32.2. The summed E-state index contributed by atoms with van der Waals surface area (Å²) >= 11 is 1.64. The first kappa shape index (κ1) is 21.3. The van der Waals surface area contributed by atoms with Crippen LogP contribution in [-0.4, -0.2) is 39.3 Å². The molecule has 2 aromatic carbocycles. The minimum atomic E-state index is -3.67. The lowest BCUT2D eigenvalue weighted by atomic mass is 10.0. The van der Waals surface area contributed by atoms with Crippen LogP contribution in [0.3, 0.4) is 0 Å². The van der Waals surface area contributed by atoms with Gasteiger partial charge in [0.05, 0.1) is 17.0 Å². The van der Waals surface area contributed by atoms with Crippen LogP contribution in [0.1, 0.15) is 41.2 Å². The summed E-state index contributed by atoms with van der Waals surface area (Å²) in [5.74, 6) is 0.177. The van der Waals surface area contributed by atoms with Gasteiger partial charge in [0, 0.05) is 29.4 Å². The number of carbonyl (C=O) groups excluding carboxylic acids is 1. The molecule has 9 heteroatoms. The quantitative estimate of drug-likeness (QED) is 0.706. The Morgan fingerprint density at radius 3 is 2.70 bits per heavy atom. The second-order valence-electron chi connectivity index (χ2n) is 7.36. The molecule has 0 spiro atoms. The minimum absolute atomic E-state index is 0.0915. The molecule has 160 valence electrons. The number of hydrogen-bond acceptors (Lipinski definition) is 5. The van der Waals surface area contributed by atoms with Gasteiger partial charge in [-0.05, 0) is 67.3 Å². The predicted octanol–water partition coefficient (Wildman–Crippen LogP) is 3.25. The van der Waals surface area contributed by atoms with Crippen LogP contribution in [0, 0.1) is 5.82 Å². The molecular weight excluding hydrogens is 427 g/mol. The van der Waals surface area contributed by atoms with Crippen molar-refractivity contribution in [2.45, 2.75) is 41.2 Å². The van der Waals surface area contributed by atoms with E-state index in [2.05, 4.69) is 10.0 Å². The molecule has 2 aliphatic heterocycles. The van der Waals surface area contributed by atoms with Crippen molar-refractivity contribution in [3.63, 3.8) is 0 Å². The number of amides is 1. The fourth-order valence-electron chi connectivity index (χ4n) is 3.63. The van der Waals surface area contributed by atoms with E-state index in [-0.39, 0.29) is 35.3 Å². The number of hydrogen-bond donors (Lipinski definition) is 2. The lowest BCUT2D eigenvalue weighted by Gasteiger charge is -2.26. The van der Waals surface area contributed by atoms with Crippen LogP contribution in [0.2, 0.25) is 0 Å². The third-order valence-electron chi connectivity index (χ3n) is 5.27. The van der Waals surface area contributed by atoms with Crippen LogP contribution in [0.15, 0.2) is 52.3 Å². The number of thioether (sulfide) groups is 1. The molecule has 6 nitrogen and oxygen atoms in total. The Hall–Kier alpha value is -1.94. The van der Waals surface area contributed by atoms with Crippen LogP contribution in [-0.2, 0) is 14.8 Å². The fraction of sp³-hybridized carbons (Fsp3) is 0.381. The largest absolute Gasteiger partial charge is 0.377 e. The van der Waals surface area contributed by atoms with Gasteiger partial charge in [0.15, 0.2) is 0 Å². The van der Waals surface area contributed by atoms with Crippen molar-refractivity contribution in [3.8, 4) is 0 Å². The normalized spacial score (nSPS) is 21.2. The number of ether oxygens (including phenoxy) is 1. The number of carbonyl (C=O) groups is 1. The first-order valence-electron chi connectivity index (χ1n) is 9.87. The Bertz CT molecular complexity index is 1020. The fourth-order valence-corrected chi connectivity index (χ4v) is 5.81. The van der Waals surface area contributed by atoms with E-state index >= 15 is 0 Å². The molecule has 1 fully saturated rings.